The van der Waals surface area contributed by atoms with Gasteiger partial charge in [0.2, 0.25) is 6.79 Å². The van der Waals surface area contributed by atoms with Crippen molar-refractivity contribution >= 4 is 10.8 Å². The van der Waals surface area contributed by atoms with E-state index in [1.165, 1.54) is 17.4 Å². The SMILES string of the molecule is COc1cc2c([C@@H]3CCCN3C)cnc(Cc3ccc4c(c3)OCO4)c2cc1OC. The summed E-state index contributed by atoms with van der Waals surface area (Å²) in [6, 6.07) is 10.6. The number of aromatic nitrogens is 1. The molecule has 0 N–H and O–H groups in total. The standard InChI is InChI=1S/C24H26N2O4/c1-26-8-4-5-20(26)18-13-25-19(9-15-6-7-21-24(10-15)30-14-29-21)17-12-23(28-3)22(27-2)11-16(17)18/h6-7,10-13,20H,4-5,8-9,14H2,1-3H3/t20-/m0/s1. The molecule has 6 nitrogen and oxygen atoms in total. The Hall–Kier alpha value is -2.99. The highest BCUT2D eigenvalue weighted by atomic mass is 16.7. The molecular formula is C24H26N2O4. The van der Waals surface area contributed by atoms with Gasteiger partial charge in [-0.3, -0.25) is 9.88 Å². The van der Waals surface area contributed by atoms with Gasteiger partial charge in [0.25, 0.3) is 0 Å². The minimum atomic E-state index is 0.278. The fraction of sp³-hybridized carbons (Fsp3) is 0.375. The van der Waals surface area contributed by atoms with E-state index in [0.717, 1.165) is 52.6 Å². The van der Waals surface area contributed by atoms with Crippen molar-refractivity contribution < 1.29 is 18.9 Å². The first-order valence-corrected chi connectivity index (χ1v) is 10.3. The largest absolute Gasteiger partial charge is 0.493 e. The Kier molecular flexibility index (Phi) is 4.87. The molecule has 2 aliphatic rings. The Labute approximate surface area is 176 Å². The number of benzene rings is 2. The van der Waals surface area contributed by atoms with Crippen molar-refractivity contribution in [2.45, 2.75) is 25.3 Å². The second-order valence-electron chi connectivity index (χ2n) is 7.92. The summed E-state index contributed by atoms with van der Waals surface area (Å²) >= 11 is 0. The number of rotatable bonds is 5. The molecule has 6 heteroatoms. The molecule has 0 saturated carbocycles. The number of fused-ring (bicyclic) bond motifs is 2. The number of methoxy groups -OCH3 is 2. The maximum Gasteiger partial charge on any atom is 0.231 e. The van der Waals surface area contributed by atoms with Crippen molar-refractivity contribution in [2.24, 2.45) is 0 Å². The highest BCUT2D eigenvalue weighted by molar-refractivity contribution is 5.91. The van der Waals surface area contributed by atoms with E-state index in [-0.39, 0.29) is 6.79 Å². The molecule has 2 aromatic carbocycles. The molecular weight excluding hydrogens is 380 g/mol. The summed E-state index contributed by atoms with van der Waals surface area (Å²) in [4.78, 5) is 7.32. The van der Waals surface area contributed by atoms with Crippen molar-refractivity contribution in [2.75, 3.05) is 34.6 Å². The van der Waals surface area contributed by atoms with Crippen LogP contribution in [0.4, 0.5) is 0 Å². The smallest absolute Gasteiger partial charge is 0.231 e. The molecule has 3 aromatic rings. The van der Waals surface area contributed by atoms with Crippen LogP contribution < -0.4 is 18.9 Å². The highest BCUT2D eigenvalue weighted by Gasteiger charge is 2.26. The Morgan fingerprint density at radius 2 is 1.80 bits per heavy atom. The molecule has 1 atom stereocenters. The van der Waals surface area contributed by atoms with Crippen LogP contribution in [0.2, 0.25) is 0 Å². The number of hydrogen-bond donors (Lipinski definition) is 0. The van der Waals surface area contributed by atoms with Crippen LogP contribution in [0, 0.1) is 0 Å². The number of hydrogen-bond acceptors (Lipinski definition) is 6. The summed E-state index contributed by atoms with van der Waals surface area (Å²) in [5, 5.41) is 2.28. The van der Waals surface area contributed by atoms with Crippen molar-refractivity contribution in [3.63, 3.8) is 0 Å². The van der Waals surface area contributed by atoms with Crippen LogP contribution in [-0.2, 0) is 6.42 Å². The van der Waals surface area contributed by atoms with Crippen LogP contribution in [0.25, 0.3) is 10.8 Å². The predicted octanol–water partition coefficient (Wildman–Crippen LogP) is 4.34. The Morgan fingerprint density at radius 1 is 1.03 bits per heavy atom. The molecule has 1 saturated heterocycles. The molecule has 1 aromatic heterocycles. The van der Waals surface area contributed by atoms with Crippen LogP contribution >= 0.6 is 0 Å². The van der Waals surface area contributed by atoms with Crippen LogP contribution in [0.1, 0.15) is 35.7 Å². The topological polar surface area (TPSA) is 53.1 Å². The third-order valence-electron chi connectivity index (χ3n) is 6.19. The van der Waals surface area contributed by atoms with Gasteiger partial charge in [-0.05, 0) is 67.2 Å². The van der Waals surface area contributed by atoms with Crippen LogP contribution in [0.3, 0.4) is 0 Å². The van der Waals surface area contributed by atoms with Gasteiger partial charge in [0, 0.05) is 24.0 Å². The van der Waals surface area contributed by atoms with E-state index in [4.69, 9.17) is 23.9 Å². The summed E-state index contributed by atoms with van der Waals surface area (Å²) in [6.07, 6.45) is 5.09. The van der Waals surface area contributed by atoms with Gasteiger partial charge >= 0.3 is 0 Å². The van der Waals surface area contributed by atoms with E-state index in [9.17, 15) is 0 Å². The number of nitrogens with zero attached hydrogens (tertiary/aromatic N) is 2. The van der Waals surface area contributed by atoms with Gasteiger partial charge in [-0.15, -0.1) is 0 Å². The van der Waals surface area contributed by atoms with E-state index in [2.05, 4.69) is 30.1 Å². The molecule has 5 rings (SSSR count). The third-order valence-corrected chi connectivity index (χ3v) is 6.19. The van der Waals surface area contributed by atoms with Gasteiger partial charge < -0.3 is 18.9 Å². The molecule has 0 amide bonds. The summed E-state index contributed by atoms with van der Waals surface area (Å²) in [5.74, 6) is 3.05. The van der Waals surface area contributed by atoms with E-state index in [0.29, 0.717) is 12.5 Å². The maximum atomic E-state index is 5.61. The quantitative estimate of drug-likeness (QED) is 0.628. The number of pyridine rings is 1. The summed E-state index contributed by atoms with van der Waals surface area (Å²) in [6.45, 7) is 1.39. The van der Waals surface area contributed by atoms with Crippen molar-refractivity contribution in [3.8, 4) is 23.0 Å². The van der Waals surface area contributed by atoms with Gasteiger partial charge in [0.1, 0.15) is 0 Å². The zero-order valence-corrected chi connectivity index (χ0v) is 17.6. The molecule has 0 bridgehead atoms. The summed E-state index contributed by atoms with van der Waals surface area (Å²) < 4.78 is 22.2. The monoisotopic (exact) mass is 406 g/mol. The molecule has 0 spiro atoms. The van der Waals surface area contributed by atoms with E-state index in [1.807, 2.05) is 18.3 Å². The zero-order valence-electron chi connectivity index (χ0n) is 17.6. The maximum absolute atomic E-state index is 5.61. The normalized spacial score (nSPS) is 18.2. The predicted molar refractivity (Wildman–Crippen MR) is 115 cm³/mol. The Morgan fingerprint density at radius 3 is 2.53 bits per heavy atom. The average molecular weight is 406 g/mol. The Bertz CT molecular complexity index is 1100. The molecule has 3 heterocycles. The first-order chi connectivity index (χ1) is 14.7. The molecule has 0 unspecified atom stereocenters. The molecule has 1 fully saturated rings. The van der Waals surface area contributed by atoms with Crippen LogP contribution in [0.15, 0.2) is 36.5 Å². The van der Waals surface area contributed by atoms with E-state index in [1.54, 1.807) is 14.2 Å². The lowest BCUT2D eigenvalue weighted by molar-refractivity contribution is 0.174. The van der Waals surface area contributed by atoms with Gasteiger partial charge in [0.05, 0.1) is 19.9 Å². The van der Waals surface area contributed by atoms with Gasteiger partial charge in [-0.1, -0.05) is 6.07 Å². The molecule has 156 valence electrons. The van der Waals surface area contributed by atoms with Crippen molar-refractivity contribution in [1.29, 1.82) is 0 Å². The van der Waals surface area contributed by atoms with Gasteiger partial charge in [0.15, 0.2) is 23.0 Å². The van der Waals surface area contributed by atoms with Crippen molar-refractivity contribution in [1.82, 2.24) is 9.88 Å². The Balaban J connectivity index is 1.63. The first-order valence-electron chi connectivity index (χ1n) is 10.3. The lowest BCUT2D eigenvalue weighted by atomic mass is 9.95. The van der Waals surface area contributed by atoms with E-state index >= 15 is 0 Å². The summed E-state index contributed by atoms with van der Waals surface area (Å²) in [7, 11) is 5.54. The fourth-order valence-electron chi connectivity index (χ4n) is 4.60. The zero-order chi connectivity index (χ0) is 20.7. The molecule has 0 aliphatic carbocycles. The third kappa shape index (κ3) is 3.21. The van der Waals surface area contributed by atoms with E-state index < -0.39 is 0 Å². The van der Waals surface area contributed by atoms with Crippen molar-refractivity contribution in [3.05, 3.63) is 53.3 Å². The number of likely N-dealkylation sites (tertiary alicyclic amines) is 1. The van der Waals surface area contributed by atoms with Gasteiger partial charge in [-0.25, -0.2) is 0 Å². The fourth-order valence-corrected chi connectivity index (χ4v) is 4.60. The average Bonchev–Trinajstić information content (AvgIpc) is 3.41. The van der Waals surface area contributed by atoms with Gasteiger partial charge in [-0.2, -0.15) is 0 Å². The van der Waals surface area contributed by atoms with Crippen LogP contribution in [0.5, 0.6) is 23.0 Å². The molecule has 0 radical (unpaired) electrons. The highest BCUT2D eigenvalue weighted by Crippen LogP contribution is 2.41. The molecule has 30 heavy (non-hydrogen) atoms. The second kappa shape index (κ2) is 7.69. The molecule has 2 aliphatic heterocycles. The van der Waals surface area contributed by atoms with Crippen LogP contribution in [-0.4, -0.2) is 44.5 Å². The minimum Gasteiger partial charge on any atom is -0.493 e. The number of ether oxygens (including phenoxy) is 4. The lowest BCUT2D eigenvalue weighted by Gasteiger charge is -2.23. The lowest BCUT2D eigenvalue weighted by Crippen LogP contribution is -2.18. The summed E-state index contributed by atoms with van der Waals surface area (Å²) in [5.41, 5.74) is 3.39. The second-order valence-corrected chi connectivity index (χ2v) is 7.92. The first kappa shape index (κ1) is 19.0. The minimum absolute atomic E-state index is 0.278.